The van der Waals surface area contributed by atoms with Crippen molar-refractivity contribution in [3.05, 3.63) is 27.6 Å². The SMILES string of the molecule is CCc1cc(C=C(F)B2OC(C)(C)C(C)(C)O2)cs1. The topological polar surface area (TPSA) is 18.5 Å². The maximum Gasteiger partial charge on any atom is 0.525 e. The molecule has 2 nitrogen and oxygen atoms in total. The van der Waals surface area contributed by atoms with Gasteiger partial charge in [-0.15, -0.1) is 11.3 Å². The average Bonchev–Trinajstić information content (AvgIpc) is 2.82. The zero-order valence-corrected chi connectivity index (χ0v) is 12.9. The average molecular weight is 282 g/mol. The van der Waals surface area contributed by atoms with Gasteiger partial charge in [0.05, 0.1) is 11.2 Å². The summed E-state index contributed by atoms with van der Waals surface area (Å²) in [5.74, 6) is 0. The van der Waals surface area contributed by atoms with Crippen molar-refractivity contribution in [3.8, 4) is 0 Å². The Morgan fingerprint density at radius 1 is 1.32 bits per heavy atom. The van der Waals surface area contributed by atoms with Gasteiger partial charge in [0, 0.05) is 4.88 Å². The lowest BCUT2D eigenvalue weighted by atomic mass is 9.87. The van der Waals surface area contributed by atoms with Gasteiger partial charge < -0.3 is 9.31 Å². The molecule has 1 aromatic rings. The number of hydrogen-bond donors (Lipinski definition) is 0. The van der Waals surface area contributed by atoms with Crippen LogP contribution in [0.4, 0.5) is 4.39 Å². The van der Waals surface area contributed by atoms with Crippen molar-refractivity contribution in [1.82, 2.24) is 0 Å². The van der Waals surface area contributed by atoms with Crippen LogP contribution in [0, 0.1) is 0 Å². The second-order valence-electron chi connectivity index (χ2n) is 5.82. The van der Waals surface area contributed by atoms with E-state index in [1.807, 2.05) is 39.1 Å². The fourth-order valence-corrected chi connectivity index (χ4v) is 2.64. The molecule has 0 spiro atoms. The van der Waals surface area contributed by atoms with E-state index in [1.165, 1.54) is 11.0 Å². The quantitative estimate of drug-likeness (QED) is 0.771. The number of rotatable bonds is 3. The van der Waals surface area contributed by atoms with Gasteiger partial charge in [-0.25, -0.2) is 4.39 Å². The van der Waals surface area contributed by atoms with E-state index in [1.54, 1.807) is 11.3 Å². The van der Waals surface area contributed by atoms with Crippen molar-refractivity contribution < 1.29 is 13.7 Å². The fraction of sp³-hybridized carbons (Fsp3) is 0.571. The van der Waals surface area contributed by atoms with Gasteiger partial charge in [0.2, 0.25) is 0 Å². The Labute approximate surface area is 118 Å². The number of aryl methyl sites for hydroxylation is 1. The predicted molar refractivity (Wildman–Crippen MR) is 78.9 cm³/mol. The molecule has 0 N–H and O–H groups in total. The molecule has 0 aromatic carbocycles. The molecular weight excluding hydrogens is 262 g/mol. The summed E-state index contributed by atoms with van der Waals surface area (Å²) in [6, 6.07) is 2.00. The lowest BCUT2D eigenvalue weighted by Crippen LogP contribution is -2.41. The van der Waals surface area contributed by atoms with Crippen LogP contribution in [0.1, 0.15) is 45.1 Å². The minimum Gasteiger partial charge on any atom is -0.398 e. The van der Waals surface area contributed by atoms with Crippen LogP contribution in [-0.2, 0) is 15.7 Å². The summed E-state index contributed by atoms with van der Waals surface area (Å²) < 4.78 is 25.5. The first-order valence-corrected chi connectivity index (χ1v) is 7.43. The van der Waals surface area contributed by atoms with E-state index in [0.29, 0.717) is 0 Å². The van der Waals surface area contributed by atoms with Crippen LogP contribution in [0.5, 0.6) is 0 Å². The molecule has 5 heteroatoms. The highest BCUT2D eigenvalue weighted by atomic mass is 32.1. The van der Waals surface area contributed by atoms with Gasteiger partial charge in [-0.3, -0.25) is 0 Å². The number of thiophene rings is 1. The summed E-state index contributed by atoms with van der Waals surface area (Å²) in [6.45, 7) is 9.75. The molecule has 0 saturated carbocycles. The van der Waals surface area contributed by atoms with Crippen LogP contribution in [0.15, 0.2) is 17.2 Å². The van der Waals surface area contributed by atoms with E-state index in [4.69, 9.17) is 9.31 Å². The molecule has 0 amide bonds. The van der Waals surface area contributed by atoms with Gasteiger partial charge in [-0.2, -0.15) is 0 Å². The van der Waals surface area contributed by atoms with E-state index in [2.05, 4.69) is 6.92 Å². The highest BCUT2D eigenvalue weighted by Gasteiger charge is 2.53. The Hall–Kier alpha value is -0.645. The normalized spacial score (nSPS) is 22.0. The zero-order valence-electron chi connectivity index (χ0n) is 12.1. The van der Waals surface area contributed by atoms with E-state index >= 15 is 0 Å². The summed E-state index contributed by atoms with van der Waals surface area (Å²) in [6.07, 6.45) is 2.47. The van der Waals surface area contributed by atoms with E-state index < -0.39 is 18.3 Å². The molecule has 19 heavy (non-hydrogen) atoms. The third-order valence-electron chi connectivity index (χ3n) is 3.81. The maximum absolute atomic E-state index is 14.2. The Kier molecular flexibility index (Phi) is 3.91. The van der Waals surface area contributed by atoms with Crippen LogP contribution in [-0.4, -0.2) is 18.3 Å². The van der Waals surface area contributed by atoms with Gasteiger partial charge in [0.15, 0.2) is 0 Å². The summed E-state index contributed by atoms with van der Waals surface area (Å²) in [5, 5.41) is 1.95. The molecule has 104 valence electrons. The van der Waals surface area contributed by atoms with Gasteiger partial charge in [-0.05, 0) is 57.2 Å². The van der Waals surface area contributed by atoms with Crippen LogP contribution in [0.25, 0.3) is 6.08 Å². The Morgan fingerprint density at radius 3 is 2.37 bits per heavy atom. The highest BCUT2D eigenvalue weighted by molar-refractivity contribution is 7.10. The third kappa shape index (κ3) is 2.93. The molecule has 0 radical (unpaired) electrons. The number of halogens is 1. The first-order valence-electron chi connectivity index (χ1n) is 6.55. The highest BCUT2D eigenvalue weighted by Crippen LogP contribution is 2.39. The van der Waals surface area contributed by atoms with Crippen LogP contribution >= 0.6 is 11.3 Å². The molecule has 0 unspecified atom stereocenters. The van der Waals surface area contributed by atoms with Gasteiger partial charge >= 0.3 is 7.12 Å². The predicted octanol–water partition coefficient (Wildman–Crippen LogP) is 4.25. The van der Waals surface area contributed by atoms with E-state index in [-0.39, 0.29) is 5.73 Å². The molecule has 2 rings (SSSR count). The monoisotopic (exact) mass is 282 g/mol. The molecular formula is C14H20BFO2S. The van der Waals surface area contributed by atoms with E-state index in [0.717, 1.165) is 12.0 Å². The van der Waals surface area contributed by atoms with Gasteiger partial charge in [-0.1, -0.05) is 6.92 Å². The van der Waals surface area contributed by atoms with Crippen molar-refractivity contribution in [3.63, 3.8) is 0 Å². The van der Waals surface area contributed by atoms with Crippen molar-refractivity contribution in [2.45, 2.75) is 52.2 Å². The summed E-state index contributed by atoms with van der Waals surface area (Å²) >= 11 is 1.64. The second kappa shape index (κ2) is 5.04. The molecule has 0 atom stereocenters. The molecule has 1 saturated heterocycles. The standard InChI is InChI=1S/C14H20BFO2S/c1-6-11-7-10(9-19-11)8-12(16)15-17-13(2,3)14(4,5)18-15/h7-9H,6H2,1-5H3. The zero-order chi connectivity index (χ0) is 14.3. The smallest absolute Gasteiger partial charge is 0.398 e. The molecule has 0 bridgehead atoms. The molecule has 2 heterocycles. The first kappa shape index (κ1) is 14.8. The summed E-state index contributed by atoms with van der Waals surface area (Å²) in [7, 11) is -0.907. The third-order valence-corrected chi connectivity index (χ3v) is 4.90. The molecule has 1 aliphatic heterocycles. The minimum absolute atomic E-state index is 0.376. The van der Waals surface area contributed by atoms with Crippen LogP contribution in [0.3, 0.4) is 0 Å². The maximum atomic E-state index is 14.2. The van der Waals surface area contributed by atoms with Crippen molar-refractivity contribution >= 4 is 24.5 Å². The van der Waals surface area contributed by atoms with E-state index in [9.17, 15) is 4.39 Å². The number of hydrogen-bond acceptors (Lipinski definition) is 3. The molecule has 1 aliphatic rings. The largest absolute Gasteiger partial charge is 0.525 e. The van der Waals surface area contributed by atoms with Crippen molar-refractivity contribution in [1.29, 1.82) is 0 Å². The van der Waals surface area contributed by atoms with Crippen molar-refractivity contribution in [2.24, 2.45) is 0 Å². The fourth-order valence-electron chi connectivity index (χ4n) is 1.84. The Morgan fingerprint density at radius 2 is 1.89 bits per heavy atom. The minimum atomic E-state index is -0.907. The summed E-state index contributed by atoms with van der Waals surface area (Å²) in [5.41, 5.74) is -0.522. The lowest BCUT2D eigenvalue weighted by molar-refractivity contribution is 0.00578. The van der Waals surface area contributed by atoms with Gasteiger partial charge in [0.1, 0.15) is 5.73 Å². The Balaban J connectivity index is 2.15. The molecule has 0 aliphatic carbocycles. The van der Waals surface area contributed by atoms with Gasteiger partial charge in [0.25, 0.3) is 0 Å². The van der Waals surface area contributed by atoms with Crippen molar-refractivity contribution in [2.75, 3.05) is 0 Å². The van der Waals surface area contributed by atoms with Crippen LogP contribution < -0.4 is 0 Å². The first-order chi connectivity index (χ1) is 8.75. The van der Waals surface area contributed by atoms with Crippen LogP contribution in [0.2, 0.25) is 0 Å². The second-order valence-corrected chi connectivity index (χ2v) is 6.81. The lowest BCUT2D eigenvalue weighted by Gasteiger charge is -2.32. The molecule has 1 aromatic heterocycles. The molecule has 1 fully saturated rings. The summed E-state index contributed by atoms with van der Waals surface area (Å²) in [4.78, 5) is 1.24. The Bertz CT molecular complexity index is 477.